The average Bonchev–Trinajstić information content (AvgIpc) is 2.51. The standard InChI is InChI=1S/C13H18BNO4/c1-12(2)13(3,4)19-14(18-12)11-10(17)9(6-8-16)5-7-15-11/h5,7-8,17H,6H2,1-4H3. The van der Waals surface area contributed by atoms with E-state index in [1.807, 2.05) is 27.7 Å². The Labute approximate surface area is 113 Å². The summed E-state index contributed by atoms with van der Waals surface area (Å²) in [6, 6.07) is 1.61. The van der Waals surface area contributed by atoms with Gasteiger partial charge >= 0.3 is 7.12 Å². The van der Waals surface area contributed by atoms with Crippen molar-refractivity contribution in [2.75, 3.05) is 0 Å². The molecular weight excluding hydrogens is 245 g/mol. The molecule has 0 bridgehead atoms. The monoisotopic (exact) mass is 263 g/mol. The highest BCUT2D eigenvalue weighted by Gasteiger charge is 2.53. The largest absolute Gasteiger partial charge is 0.518 e. The molecule has 1 aromatic heterocycles. The predicted octanol–water partition coefficient (Wildman–Crippen LogP) is 0.828. The molecule has 1 saturated heterocycles. The first kappa shape index (κ1) is 14.0. The number of rotatable bonds is 3. The lowest BCUT2D eigenvalue weighted by Crippen LogP contribution is -2.41. The van der Waals surface area contributed by atoms with E-state index in [4.69, 9.17) is 9.31 Å². The number of aromatic hydroxyl groups is 1. The number of carbonyl (C=O) groups excluding carboxylic acids is 1. The molecule has 1 N–H and O–H groups in total. The highest BCUT2D eigenvalue weighted by molar-refractivity contribution is 6.62. The smallest absolute Gasteiger partial charge is 0.506 e. The van der Waals surface area contributed by atoms with Gasteiger partial charge in [0.1, 0.15) is 17.6 Å². The third-order valence-corrected chi connectivity index (χ3v) is 3.82. The first-order valence-corrected chi connectivity index (χ1v) is 6.24. The number of nitrogens with zero attached hydrogens (tertiary/aromatic N) is 1. The Hall–Kier alpha value is -1.40. The Morgan fingerprint density at radius 3 is 2.42 bits per heavy atom. The lowest BCUT2D eigenvalue weighted by atomic mass is 9.82. The van der Waals surface area contributed by atoms with Gasteiger partial charge in [0.05, 0.1) is 11.2 Å². The summed E-state index contributed by atoms with van der Waals surface area (Å²) in [5.41, 5.74) is -0.147. The second kappa shape index (κ2) is 4.61. The van der Waals surface area contributed by atoms with E-state index in [1.165, 1.54) is 0 Å². The van der Waals surface area contributed by atoms with Crippen molar-refractivity contribution >= 4 is 19.0 Å². The summed E-state index contributed by atoms with van der Waals surface area (Å²) in [6.45, 7) is 7.72. The Balaban J connectivity index is 2.34. The number of pyridine rings is 1. The minimum absolute atomic E-state index is 0.0342. The number of aromatic nitrogens is 1. The van der Waals surface area contributed by atoms with E-state index in [0.717, 1.165) is 6.29 Å². The summed E-state index contributed by atoms with van der Waals surface area (Å²) in [5, 5.41) is 10.1. The van der Waals surface area contributed by atoms with Crippen LogP contribution < -0.4 is 5.59 Å². The fourth-order valence-electron chi connectivity index (χ4n) is 1.89. The topological polar surface area (TPSA) is 68.7 Å². The van der Waals surface area contributed by atoms with Crippen molar-refractivity contribution in [1.29, 1.82) is 0 Å². The third kappa shape index (κ3) is 2.38. The summed E-state index contributed by atoms with van der Waals surface area (Å²) in [5.74, 6) is -0.0342. The van der Waals surface area contributed by atoms with Gasteiger partial charge in [0.2, 0.25) is 0 Å². The van der Waals surface area contributed by atoms with Crippen LogP contribution in [0.2, 0.25) is 0 Å². The van der Waals surface area contributed by atoms with Gasteiger partial charge in [-0.25, -0.2) is 0 Å². The second-order valence-corrected chi connectivity index (χ2v) is 5.66. The molecule has 1 aliphatic heterocycles. The fraction of sp³-hybridized carbons (Fsp3) is 0.538. The SMILES string of the molecule is CC1(C)OB(c2nccc(CC=O)c2O)OC1(C)C. The fourth-order valence-corrected chi connectivity index (χ4v) is 1.89. The van der Waals surface area contributed by atoms with Crippen LogP contribution in [0, 0.1) is 0 Å². The van der Waals surface area contributed by atoms with E-state index in [2.05, 4.69) is 4.98 Å². The van der Waals surface area contributed by atoms with Gasteiger partial charge < -0.3 is 19.2 Å². The lowest BCUT2D eigenvalue weighted by Gasteiger charge is -2.32. The molecule has 2 heterocycles. The maximum absolute atomic E-state index is 10.6. The molecule has 6 heteroatoms. The Morgan fingerprint density at radius 2 is 1.89 bits per heavy atom. The van der Waals surface area contributed by atoms with Crippen LogP contribution in [-0.4, -0.2) is 34.7 Å². The van der Waals surface area contributed by atoms with Crippen LogP contribution in [-0.2, 0) is 20.5 Å². The quantitative estimate of drug-likeness (QED) is 0.646. The highest BCUT2D eigenvalue weighted by atomic mass is 16.7. The maximum atomic E-state index is 10.6. The number of carbonyl (C=O) groups is 1. The van der Waals surface area contributed by atoms with Crippen molar-refractivity contribution in [2.24, 2.45) is 0 Å². The molecule has 0 atom stereocenters. The van der Waals surface area contributed by atoms with E-state index in [0.29, 0.717) is 11.2 Å². The minimum Gasteiger partial charge on any atom is -0.506 e. The van der Waals surface area contributed by atoms with Crippen LogP contribution in [0.1, 0.15) is 33.3 Å². The molecule has 5 nitrogen and oxygen atoms in total. The van der Waals surface area contributed by atoms with Crippen LogP contribution in [0.15, 0.2) is 12.3 Å². The van der Waals surface area contributed by atoms with E-state index in [-0.39, 0.29) is 12.2 Å². The van der Waals surface area contributed by atoms with E-state index >= 15 is 0 Å². The molecule has 1 aromatic rings. The molecule has 1 fully saturated rings. The van der Waals surface area contributed by atoms with Gasteiger partial charge in [-0.05, 0) is 33.8 Å². The molecule has 0 spiro atoms. The molecule has 0 aromatic carbocycles. The van der Waals surface area contributed by atoms with Gasteiger partial charge in [-0.1, -0.05) is 0 Å². The van der Waals surface area contributed by atoms with Crippen LogP contribution >= 0.6 is 0 Å². The molecule has 2 rings (SSSR count). The molecule has 0 amide bonds. The highest BCUT2D eigenvalue weighted by Crippen LogP contribution is 2.37. The van der Waals surface area contributed by atoms with Crippen LogP contribution in [0.25, 0.3) is 0 Å². The second-order valence-electron chi connectivity index (χ2n) is 5.66. The van der Waals surface area contributed by atoms with Crippen molar-refractivity contribution in [3.63, 3.8) is 0 Å². The van der Waals surface area contributed by atoms with Gasteiger partial charge in [-0.15, -0.1) is 0 Å². The molecule has 102 valence electrons. The average molecular weight is 263 g/mol. The summed E-state index contributed by atoms with van der Waals surface area (Å²) in [4.78, 5) is 14.7. The van der Waals surface area contributed by atoms with Crippen LogP contribution in [0.4, 0.5) is 0 Å². The van der Waals surface area contributed by atoms with Crippen LogP contribution in [0.3, 0.4) is 0 Å². The zero-order chi connectivity index (χ0) is 14.3. The van der Waals surface area contributed by atoms with E-state index < -0.39 is 18.3 Å². The molecular formula is C13H18BNO4. The van der Waals surface area contributed by atoms with Gasteiger partial charge in [-0.3, -0.25) is 4.98 Å². The van der Waals surface area contributed by atoms with Crippen LogP contribution in [0.5, 0.6) is 5.75 Å². The predicted molar refractivity (Wildman–Crippen MR) is 71.4 cm³/mol. The van der Waals surface area contributed by atoms with Gasteiger partial charge in [0.15, 0.2) is 0 Å². The number of hydrogen-bond acceptors (Lipinski definition) is 5. The van der Waals surface area contributed by atoms with E-state index in [9.17, 15) is 9.90 Å². The van der Waals surface area contributed by atoms with Gasteiger partial charge in [0.25, 0.3) is 0 Å². The molecule has 0 aliphatic carbocycles. The molecule has 0 unspecified atom stereocenters. The van der Waals surface area contributed by atoms with Crippen molar-refractivity contribution < 1.29 is 19.2 Å². The zero-order valence-corrected chi connectivity index (χ0v) is 11.6. The van der Waals surface area contributed by atoms with Crippen molar-refractivity contribution in [2.45, 2.75) is 45.3 Å². The first-order valence-electron chi connectivity index (χ1n) is 6.24. The molecule has 0 saturated carbocycles. The maximum Gasteiger partial charge on any atom is 0.518 e. The number of hydrogen-bond donors (Lipinski definition) is 1. The molecule has 0 radical (unpaired) electrons. The Kier molecular flexibility index (Phi) is 3.41. The number of aldehydes is 1. The Bertz CT molecular complexity index is 485. The van der Waals surface area contributed by atoms with E-state index in [1.54, 1.807) is 12.3 Å². The Morgan fingerprint density at radius 1 is 1.32 bits per heavy atom. The lowest BCUT2D eigenvalue weighted by molar-refractivity contribution is -0.107. The molecule has 1 aliphatic rings. The first-order chi connectivity index (χ1) is 8.78. The zero-order valence-electron chi connectivity index (χ0n) is 11.6. The van der Waals surface area contributed by atoms with Gasteiger partial charge in [-0.2, -0.15) is 0 Å². The summed E-state index contributed by atoms with van der Waals surface area (Å²) in [6.07, 6.45) is 2.42. The van der Waals surface area contributed by atoms with Gasteiger partial charge in [0, 0.05) is 18.2 Å². The van der Waals surface area contributed by atoms with Crippen molar-refractivity contribution in [1.82, 2.24) is 4.98 Å². The third-order valence-electron chi connectivity index (χ3n) is 3.82. The summed E-state index contributed by atoms with van der Waals surface area (Å²) < 4.78 is 11.7. The normalized spacial score (nSPS) is 20.5. The van der Waals surface area contributed by atoms with Crippen molar-refractivity contribution in [3.05, 3.63) is 17.8 Å². The summed E-state index contributed by atoms with van der Waals surface area (Å²) >= 11 is 0. The minimum atomic E-state index is -0.725. The van der Waals surface area contributed by atoms with Crippen molar-refractivity contribution in [3.8, 4) is 5.75 Å². The summed E-state index contributed by atoms with van der Waals surface area (Å²) in [7, 11) is -0.725. The molecule has 19 heavy (non-hydrogen) atoms.